The maximum Gasteiger partial charge on any atom is 0.335 e. The fourth-order valence-electron chi connectivity index (χ4n) is 8.63. The summed E-state index contributed by atoms with van der Waals surface area (Å²) < 4.78 is 28.3. The van der Waals surface area contributed by atoms with Crippen LogP contribution in [0.25, 0.3) is 0 Å². The molecule has 69 heavy (non-hydrogen) atoms. The summed E-state index contributed by atoms with van der Waals surface area (Å²) in [4.78, 5) is 50.9. The summed E-state index contributed by atoms with van der Waals surface area (Å²) in [7, 11) is 0. The lowest BCUT2D eigenvalue weighted by molar-refractivity contribution is -0.301. The topological polar surface area (TPSA) is 175 Å². The highest BCUT2D eigenvalue weighted by Crippen LogP contribution is 2.26. The molecule has 1 aliphatic heterocycles. The molecule has 3 N–H and O–H groups in total. The van der Waals surface area contributed by atoms with E-state index in [0.717, 1.165) is 83.5 Å². The molecule has 1 aliphatic rings. The third-order valence-electron chi connectivity index (χ3n) is 13.0. The molecule has 0 radical (unpaired) electrons. The largest absolute Gasteiger partial charge is 0.479 e. The highest BCUT2D eigenvalue weighted by molar-refractivity contribution is 5.74. The summed E-state index contributed by atoms with van der Waals surface area (Å²) in [6, 6.07) is 0. The Morgan fingerprint density at radius 1 is 0.478 bits per heavy atom. The zero-order chi connectivity index (χ0) is 50.4. The Balaban J connectivity index is 2.67. The first-order valence-electron chi connectivity index (χ1n) is 28.3. The van der Waals surface area contributed by atoms with E-state index in [1.807, 2.05) is 0 Å². The molecular formula is C57H102O12. The Morgan fingerprint density at radius 2 is 0.870 bits per heavy atom. The first-order chi connectivity index (χ1) is 33.6. The quantitative estimate of drug-likeness (QED) is 0.0228. The monoisotopic (exact) mass is 979 g/mol. The van der Waals surface area contributed by atoms with Gasteiger partial charge in [-0.25, -0.2) is 4.79 Å². The van der Waals surface area contributed by atoms with E-state index < -0.39 is 67.3 Å². The number of carbonyl (C=O) groups excluding carboxylic acids is 3. The van der Waals surface area contributed by atoms with Crippen molar-refractivity contribution in [2.75, 3.05) is 13.2 Å². The predicted octanol–water partition coefficient (Wildman–Crippen LogP) is 13.9. The van der Waals surface area contributed by atoms with Crippen LogP contribution in [0, 0.1) is 0 Å². The maximum absolute atomic E-state index is 13.0. The van der Waals surface area contributed by atoms with E-state index in [0.29, 0.717) is 19.3 Å². The minimum Gasteiger partial charge on any atom is -0.479 e. The highest BCUT2D eigenvalue weighted by atomic mass is 16.7. The van der Waals surface area contributed by atoms with Crippen molar-refractivity contribution >= 4 is 23.9 Å². The first-order valence-corrected chi connectivity index (χ1v) is 28.3. The van der Waals surface area contributed by atoms with Gasteiger partial charge in [0.1, 0.15) is 18.8 Å². The zero-order valence-electron chi connectivity index (χ0n) is 44.1. The zero-order valence-corrected chi connectivity index (χ0v) is 44.1. The number of aliphatic hydroxyl groups excluding tert-OH is 2. The molecule has 12 nitrogen and oxygen atoms in total. The molecule has 0 aromatic carbocycles. The number of carboxylic acid groups (broad SMARTS) is 1. The van der Waals surface area contributed by atoms with E-state index >= 15 is 0 Å². The van der Waals surface area contributed by atoms with Crippen molar-refractivity contribution in [2.24, 2.45) is 0 Å². The van der Waals surface area contributed by atoms with Crippen LogP contribution in [0.15, 0.2) is 24.3 Å². The standard InChI is InChI=1S/C57H102O12/c1-4-7-10-13-16-19-21-23-25-27-29-32-34-37-40-43-49(58)65-46-48(67-50(59)44-41-38-35-31-18-15-12-9-6-3)47-66-57-55(53(62)52(61)54(69-57)56(63)64)68-51(60)45-42-39-36-33-30-28-26-24-22-20-17-14-11-8-5-2/h17,20,24,26,48,52-55,57,61-62H,4-16,18-19,21-23,25,27-47H2,1-3H3,(H,63,64)/b20-17-,26-24-. The summed E-state index contributed by atoms with van der Waals surface area (Å²) in [5.74, 6) is -3.11. The van der Waals surface area contributed by atoms with E-state index in [9.17, 15) is 34.5 Å². The smallest absolute Gasteiger partial charge is 0.335 e. The van der Waals surface area contributed by atoms with Gasteiger partial charge in [-0.05, 0) is 51.4 Å². The van der Waals surface area contributed by atoms with Gasteiger partial charge in [-0.1, -0.05) is 218 Å². The van der Waals surface area contributed by atoms with Gasteiger partial charge < -0.3 is 39.0 Å². The third-order valence-corrected chi connectivity index (χ3v) is 13.0. The van der Waals surface area contributed by atoms with Gasteiger partial charge in [-0.2, -0.15) is 0 Å². The summed E-state index contributed by atoms with van der Waals surface area (Å²) in [5.41, 5.74) is 0. The van der Waals surface area contributed by atoms with Crippen molar-refractivity contribution in [3.8, 4) is 0 Å². The molecule has 1 heterocycles. The lowest BCUT2D eigenvalue weighted by Gasteiger charge is -2.40. The second kappa shape index (κ2) is 46.3. The number of hydrogen-bond donors (Lipinski definition) is 3. The molecule has 6 atom stereocenters. The average Bonchev–Trinajstić information content (AvgIpc) is 3.33. The molecule has 6 unspecified atom stereocenters. The van der Waals surface area contributed by atoms with Crippen LogP contribution in [-0.2, 0) is 42.9 Å². The number of esters is 3. The van der Waals surface area contributed by atoms with Gasteiger partial charge in [-0.15, -0.1) is 0 Å². The molecule has 0 amide bonds. The van der Waals surface area contributed by atoms with Crippen LogP contribution in [0.1, 0.15) is 265 Å². The molecule has 1 saturated heterocycles. The minimum atomic E-state index is -1.90. The SMILES string of the molecule is CCCCC/C=C\C/C=C\CCCCCCCC(=O)OC1C(OCC(COC(=O)CCCCCCCCCCCCCCCCC)OC(=O)CCCCCCCCCCC)OC(C(=O)O)C(O)C1O. The predicted molar refractivity (Wildman–Crippen MR) is 276 cm³/mol. The molecule has 1 rings (SSSR count). The first kappa shape index (κ1) is 64.2. The van der Waals surface area contributed by atoms with Gasteiger partial charge in [0.05, 0.1) is 6.61 Å². The molecule has 0 spiro atoms. The van der Waals surface area contributed by atoms with Gasteiger partial charge in [-0.3, -0.25) is 14.4 Å². The maximum atomic E-state index is 13.0. The van der Waals surface area contributed by atoms with E-state index in [1.165, 1.54) is 122 Å². The second-order valence-electron chi connectivity index (χ2n) is 19.6. The van der Waals surface area contributed by atoms with Crippen LogP contribution in [0.5, 0.6) is 0 Å². The molecular weight excluding hydrogens is 877 g/mol. The van der Waals surface area contributed by atoms with Gasteiger partial charge in [0, 0.05) is 19.3 Å². The van der Waals surface area contributed by atoms with Crippen molar-refractivity contribution in [1.29, 1.82) is 0 Å². The molecule has 402 valence electrons. The molecule has 0 aromatic heterocycles. The van der Waals surface area contributed by atoms with Gasteiger partial charge in [0.2, 0.25) is 0 Å². The molecule has 0 aliphatic carbocycles. The van der Waals surface area contributed by atoms with Crippen LogP contribution in [-0.4, -0.2) is 89.2 Å². The third kappa shape index (κ3) is 36.7. The lowest BCUT2D eigenvalue weighted by Crippen LogP contribution is -2.61. The molecule has 12 heteroatoms. The number of allylic oxidation sites excluding steroid dienone is 4. The van der Waals surface area contributed by atoms with Crippen molar-refractivity contribution in [3.63, 3.8) is 0 Å². The van der Waals surface area contributed by atoms with Gasteiger partial charge >= 0.3 is 23.9 Å². The second-order valence-corrected chi connectivity index (χ2v) is 19.6. The number of ether oxygens (including phenoxy) is 5. The summed E-state index contributed by atoms with van der Waals surface area (Å²) in [5, 5.41) is 31.4. The number of carboxylic acids is 1. The number of unbranched alkanes of at least 4 members (excludes halogenated alkanes) is 30. The Morgan fingerprint density at radius 3 is 1.33 bits per heavy atom. The normalized spacial score (nSPS) is 18.8. The van der Waals surface area contributed by atoms with Crippen LogP contribution in [0.4, 0.5) is 0 Å². The Hall–Kier alpha value is -2.80. The molecule has 0 bridgehead atoms. The number of aliphatic hydroxyl groups is 2. The van der Waals surface area contributed by atoms with E-state index in [2.05, 4.69) is 45.1 Å². The fourth-order valence-corrected chi connectivity index (χ4v) is 8.63. The van der Waals surface area contributed by atoms with Crippen LogP contribution in [0.3, 0.4) is 0 Å². The number of hydrogen-bond acceptors (Lipinski definition) is 11. The van der Waals surface area contributed by atoms with Crippen molar-refractivity contribution in [3.05, 3.63) is 24.3 Å². The summed E-state index contributed by atoms with van der Waals surface area (Å²) in [6.45, 7) is 5.95. The van der Waals surface area contributed by atoms with E-state index in [1.54, 1.807) is 0 Å². The van der Waals surface area contributed by atoms with Crippen LogP contribution in [0.2, 0.25) is 0 Å². The van der Waals surface area contributed by atoms with Crippen molar-refractivity contribution in [1.82, 2.24) is 0 Å². The fraction of sp³-hybridized carbons (Fsp3) is 0.860. The number of carbonyl (C=O) groups is 4. The molecule has 0 aromatic rings. The van der Waals surface area contributed by atoms with Crippen LogP contribution < -0.4 is 0 Å². The van der Waals surface area contributed by atoms with Crippen molar-refractivity contribution < 1.29 is 58.2 Å². The minimum absolute atomic E-state index is 0.0489. The molecule has 0 saturated carbocycles. The van der Waals surface area contributed by atoms with Gasteiger partial charge in [0.15, 0.2) is 24.6 Å². The van der Waals surface area contributed by atoms with E-state index in [-0.39, 0.29) is 25.9 Å². The number of aliphatic carboxylic acids is 1. The molecule has 1 fully saturated rings. The summed E-state index contributed by atoms with van der Waals surface area (Å²) in [6.07, 6.45) is 38.8. The van der Waals surface area contributed by atoms with Gasteiger partial charge in [0.25, 0.3) is 0 Å². The lowest BCUT2D eigenvalue weighted by atomic mass is 9.98. The van der Waals surface area contributed by atoms with E-state index in [4.69, 9.17) is 23.7 Å². The average molecular weight is 979 g/mol. The van der Waals surface area contributed by atoms with Crippen LogP contribution >= 0.6 is 0 Å². The Labute approximate surface area is 419 Å². The van der Waals surface area contributed by atoms with Crippen molar-refractivity contribution in [2.45, 2.75) is 302 Å². The Bertz CT molecular complexity index is 1300. The highest BCUT2D eigenvalue weighted by Gasteiger charge is 2.50. The Kier molecular flexibility index (Phi) is 43.1. The summed E-state index contributed by atoms with van der Waals surface area (Å²) >= 11 is 0. The number of rotatable bonds is 48.